The van der Waals surface area contributed by atoms with E-state index in [1.165, 1.54) is 0 Å². The van der Waals surface area contributed by atoms with Crippen molar-refractivity contribution in [1.82, 2.24) is 15.3 Å². The van der Waals surface area contributed by atoms with Gasteiger partial charge in [-0.05, 0) is 38.8 Å². The minimum atomic E-state index is -0.802. The van der Waals surface area contributed by atoms with Crippen molar-refractivity contribution in [1.29, 1.82) is 5.41 Å². The number of allylic oxidation sites excluding steroid dienone is 1. The normalized spacial score (nSPS) is 28.5. The first-order chi connectivity index (χ1) is 14.0. The molecular formula is C21H29N5O2S. The molecule has 2 aliphatic heterocycles. The maximum Gasteiger partial charge on any atom is 0.226 e. The van der Waals surface area contributed by atoms with Crippen LogP contribution in [0.15, 0.2) is 23.6 Å². The molecule has 1 unspecified atom stereocenters. The number of carbonyl (C=O) groups excluding carboxylic acids is 1. The van der Waals surface area contributed by atoms with E-state index in [1.54, 1.807) is 24.0 Å². The number of hydrogen-bond donors (Lipinski definition) is 3. The number of hydrogen-bond acceptors (Lipinski definition) is 8. The van der Waals surface area contributed by atoms with Gasteiger partial charge in [-0.25, -0.2) is 9.97 Å². The Bertz CT molecular complexity index is 842. The van der Waals surface area contributed by atoms with Gasteiger partial charge in [0.1, 0.15) is 11.5 Å². The molecule has 1 aromatic heterocycles. The molecule has 0 radical (unpaired) electrons. The molecule has 3 aliphatic rings. The predicted molar refractivity (Wildman–Crippen MR) is 116 cm³/mol. The third-order valence-corrected chi connectivity index (χ3v) is 7.50. The van der Waals surface area contributed by atoms with Gasteiger partial charge in [0.25, 0.3) is 0 Å². The average molecular weight is 416 g/mol. The summed E-state index contributed by atoms with van der Waals surface area (Å²) in [4.78, 5) is 24.0. The Balaban J connectivity index is 1.65. The molecule has 7 nitrogen and oxygen atoms in total. The third kappa shape index (κ3) is 3.80. The number of aliphatic hydroxyl groups is 1. The number of anilines is 1. The minimum Gasteiger partial charge on any atom is -0.511 e. The molecule has 2 atom stereocenters. The minimum absolute atomic E-state index is 0.110. The summed E-state index contributed by atoms with van der Waals surface area (Å²) in [6.45, 7) is 4.86. The highest BCUT2D eigenvalue weighted by Gasteiger charge is 2.47. The molecule has 8 heteroatoms. The van der Waals surface area contributed by atoms with E-state index in [-0.39, 0.29) is 23.3 Å². The molecule has 1 aliphatic carbocycles. The van der Waals surface area contributed by atoms with Crippen LogP contribution in [0.3, 0.4) is 0 Å². The molecule has 3 N–H and O–H groups in total. The molecule has 1 aromatic rings. The van der Waals surface area contributed by atoms with Crippen molar-refractivity contribution in [2.45, 2.75) is 45.1 Å². The van der Waals surface area contributed by atoms with Crippen LogP contribution in [0, 0.1) is 10.8 Å². The average Bonchev–Trinajstić information content (AvgIpc) is 2.96. The van der Waals surface area contributed by atoms with Crippen molar-refractivity contribution in [2.24, 2.45) is 5.41 Å². The Hall–Kier alpha value is -1.93. The third-order valence-electron chi connectivity index (χ3n) is 6.31. The lowest BCUT2D eigenvalue weighted by Gasteiger charge is -2.39. The van der Waals surface area contributed by atoms with Crippen LogP contribution < -0.4 is 10.2 Å². The van der Waals surface area contributed by atoms with Crippen molar-refractivity contribution in [2.75, 3.05) is 36.0 Å². The van der Waals surface area contributed by atoms with Crippen LogP contribution in [0.2, 0.25) is 0 Å². The Kier molecular flexibility index (Phi) is 5.92. The Morgan fingerprint density at radius 3 is 3.10 bits per heavy atom. The van der Waals surface area contributed by atoms with E-state index in [9.17, 15) is 9.90 Å². The van der Waals surface area contributed by atoms with Gasteiger partial charge in [-0.15, -0.1) is 0 Å². The Morgan fingerprint density at radius 1 is 1.41 bits per heavy atom. The maximum atomic E-state index is 12.7. The molecule has 1 saturated heterocycles. The van der Waals surface area contributed by atoms with Crippen LogP contribution >= 0.6 is 11.8 Å². The van der Waals surface area contributed by atoms with Crippen LogP contribution in [0.1, 0.15) is 44.7 Å². The van der Waals surface area contributed by atoms with E-state index in [0.29, 0.717) is 41.6 Å². The molecule has 2 fully saturated rings. The highest BCUT2D eigenvalue weighted by molar-refractivity contribution is 7.99. The zero-order chi connectivity index (χ0) is 20.4. The molecule has 0 amide bonds. The molecule has 3 heterocycles. The van der Waals surface area contributed by atoms with Gasteiger partial charge < -0.3 is 15.3 Å². The van der Waals surface area contributed by atoms with Crippen LogP contribution in [-0.2, 0) is 4.79 Å². The summed E-state index contributed by atoms with van der Waals surface area (Å²) in [5, 5.41) is 23.3. The summed E-state index contributed by atoms with van der Waals surface area (Å²) in [6, 6.07) is 1.99. The number of thioether (sulfide) groups is 1. The molecule has 156 valence electrons. The van der Waals surface area contributed by atoms with Crippen molar-refractivity contribution in [3.8, 4) is 0 Å². The van der Waals surface area contributed by atoms with Crippen LogP contribution in [0.5, 0.6) is 0 Å². The van der Waals surface area contributed by atoms with Gasteiger partial charge in [0.2, 0.25) is 5.95 Å². The number of nitrogens with zero attached hydrogens (tertiary/aromatic N) is 3. The second-order valence-corrected chi connectivity index (χ2v) is 9.23. The second-order valence-electron chi connectivity index (χ2n) is 8.25. The number of aliphatic hydroxyl groups excluding tert-OH is 1. The molecule has 0 aromatic carbocycles. The first kappa shape index (κ1) is 20.3. The van der Waals surface area contributed by atoms with E-state index in [0.717, 1.165) is 38.9 Å². The summed E-state index contributed by atoms with van der Waals surface area (Å²) < 4.78 is 0. The van der Waals surface area contributed by atoms with E-state index in [4.69, 9.17) is 5.41 Å². The molecule has 4 rings (SSSR count). The number of Topliss-reactive ketones (excluding diaryl/α,β-unsaturated/α-hetero) is 1. The first-order valence-corrected chi connectivity index (χ1v) is 11.6. The number of carbonyl (C=O) groups is 1. The number of ketones is 1. The van der Waals surface area contributed by atoms with Gasteiger partial charge in [0.15, 0.2) is 0 Å². The molecule has 1 saturated carbocycles. The highest BCUT2D eigenvalue weighted by atomic mass is 32.2. The number of rotatable bonds is 3. The fourth-order valence-corrected chi connectivity index (χ4v) is 5.91. The van der Waals surface area contributed by atoms with Crippen LogP contribution in [0.25, 0.3) is 0 Å². The highest BCUT2D eigenvalue weighted by Crippen LogP contribution is 2.46. The zero-order valence-electron chi connectivity index (χ0n) is 16.9. The van der Waals surface area contributed by atoms with Gasteiger partial charge in [-0.2, -0.15) is 11.8 Å². The van der Waals surface area contributed by atoms with Crippen molar-refractivity contribution in [3.63, 3.8) is 0 Å². The van der Waals surface area contributed by atoms with Crippen molar-refractivity contribution < 1.29 is 9.90 Å². The summed E-state index contributed by atoms with van der Waals surface area (Å²) >= 11 is 1.63. The fourth-order valence-electron chi connectivity index (χ4n) is 4.53. The lowest BCUT2D eigenvalue weighted by Crippen LogP contribution is -2.42. The summed E-state index contributed by atoms with van der Waals surface area (Å²) in [5.41, 5.74) is 0.453. The number of nitrogens with one attached hydrogen (secondary N) is 2. The standard InChI is InChI=1S/C21H29N5O2S/c1-14-11-23-8-4-10-26(14)20-24-9-6-16(25-20)18(22)15-12-29-13-21(19(15)28)7-3-2-5-17(21)27/h6,9,14,22-23,28H,2-5,7-8,10-13H2,1H3/t14-,21?/m0/s1. The van der Waals surface area contributed by atoms with Gasteiger partial charge in [-0.1, -0.05) is 6.42 Å². The maximum absolute atomic E-state index is 12.7. The second kappa shape index (κ2) is 8.44. The SMILES string of the molecule is C[C@H]1CNCCCN1c1nccc(C(=N)C2=C(O)C3(CCCCC3=O)CSC2)n1. The van der Waals surface area contributed by atoms with Gasteiger partial charge in [0.05, 0.1) is 16.8 Å². The summed E-state index contributed by atoms with van der Waals surface area (Å²) in [6.07, 6.45) is 5.73. The smallest absolute Gasteiger partial charge is 0.226 e. The summed E-state index contributed by atoms with van der Waals surface area (Å²) in [5.74, 6) is 1.99. The van der Waals surface area contributed by atoms with Crippen molar-refractivity contribution >= 4 is 29.2 Å². The molecular weight excluding hydrogens is 386 g/mol. The van der Waals surface area contributed by atoms with E-state index in [2.05, 4.69) is 27.1 Å². The van der Waals surface area contributed by atoms with Gasteiger partial charge in [0, 0.05) is 48.8 Å². The Labute approximate surface area is 175 Å². The van der Waals surface area contributed by atoms with E-state index >= 15 is 0 Å². The summed E-state index contributed by atoms with van der Waals surface area (Å²) in [7, 11) is 0. The van der Waals surface area contributed by atoms with Gasteiger partial charge in [-0.3, -0.25) is 10.2 Å². The first-order valence-electron chi connectivity index (χ1n) is 10.5. The van der Waals surface area contributed by atoms with E-state index in [1.807, 2.05) is 0 Å². The largest absolute Gasteiger partial charge is 0.511 e. The van der Waals surface area contributed by atoms with Crippen LogP contribution in [-0.4, -0.2) is 63.8 Å². The Morgan fingerprint density at radius 2 is 2.28 bits per heavy atom. The molecule has 29 heavy (non-hydrogen) atoms. The fraction of sp³-hybridized carbons (Fsp3) is 0.619. The van der Waals surface area contributed by atoms with Gasteiger partial charge >= 0.3 is 0 Å². The number of aromatic nitrogens is 2. The van der Waals surface area contributed by atoms with Crippen LogP contribution in [0.4, 0.5) is 5.95 Å². The topological polar surface area (TPSA) is 102 Å². The zero-order valence-corrected chi connectivity index (χ0v) is 17.7. The monoisotopic (exact) mass is 415 g/mol. The quantitative estimate of drug-likeness (QED) is 0.652. The predicted octanol–water partition coefficient (Wildman–Crippen LogP) is 2.72. The molecule has 0 bridgehead atoms. The lowest BCUT2D eigenvalue weighted by atomic mass is 9.71. The van der Waals surface area contributed by atoms with E-state index < -0.39 is 5.41 Å². The lowest BCUT2D eigenvalue weighted by molar-refractivity contribution is -0.129. The molecule has 1 spiro atoms. The van der Waals surface area contributed by atoms with Crippen molar-refractivity contribution in [3.05, 3.63) is 29.3 Å².